The van der Waals surface area contributed by atoms with Gasteiger partial charge in [-0.25, -0.2) is 9.97 Å². The Hall–Kier alpha value is -3.66. The fraction of sp³-hybridized carbons (Fsp3) is 0.684. The van der Waals surface area contributed by atoms with Gasteiger partial charge in [0, 0.05) is 50.7 Å². The maximum Gasteiger partial charge on any atom is 0.421 e. The molecule has 2 fully saturated rings. The first-order valence-electron chi connectivity index (χ1n) is 18.1. The van der Waals surface area contributed by atoms with Crippen molar-refractivity contribution in [2.24, 2.45) is 34.5 Å². The van der Waals surface area contributed by atoms with Gasteiger partial charge in [0.25, 0.3) is 0 Å². The number of nitrogens with zero attached hydrogens (tertiary/aromatic N) is 4. The van der Waals surface area contributed by atoms with Crippen molar-refractivity contribution in [1.82, 2.24) is 30.4 Å². The van der Waals surface area contributed by atoms with E-state index in [1.54, 1.807) is 27.7 Å². The van der Waals surface area contributed by atoms with Gasteiger partial charge in [0.2, 0.25) is 23.6 Å². The Morgan fingerprint density at radius 3 is 1.31 bits per heavy atom. The Morgan fingerprint density at radius 1 is 0.685 bits per heavy atom. The number of pyridine rings is 2. The summed E-state index contributed by atoms with van der Waals surface area (Å²) >= 11 is 0. The lowest BCUT2D eigenvalue weighted by Crippen LogP contribution is -2.49. The van der Waals surface area contributed by atoms with E-state index in [1.165, 1.54) is 24.5 Å². The fourth-order valence-corrected chi connectivity index (χ4v) is 6.52. The number of likely N-dealkylation sites (N-methyl/N-ethyl adjacent to an activating group) is 2. The van der Waals surface area contributed by atoms with Crippen molar-refractivity contribution < 1.29 is 45.4 Å². The summed E-state index contributed by atoms with van der Waals surface area (Å²) < 4.78 is 88.9. The highest BCUT2D eigenvalue weighted by atomic mass is 19.4. The average molecular weight is 775 g/mol. The van der Waals surface area contributed by atoms with E-state index in [2.05, 4.69) is 58.1 Å². The molecule has 4 atom stereocenters. The zero-order valence-corrected chi connectivity index (χ0v) is 32.9. The lowest BCUT2D eigenvalue weighted by molar-refractivity contribution is -0.141. The number of nitrogens with one attached hydrogen (secondary N) is 2. The van der Waals surface area contributed by atoms with Crippen molar-refractivity contribution in [3.63, 3.8) is 0 Å². The predicted molar refractivity (Wildman–Crippen MR) is 193 cm³/mol. The third kappa shape index (κ3) is 12.2. The van der Waals surface area contributed by atoms with E-state index in [0.29, 0.717) is 23.7 Å². The molecule has 2 N–H and O–H groups in total. The number of halogens is 6. The Kier molecular flexibility index (Phi) is 14.8. The van der Waals surface area contributed by atoms with Gasteiger partial charge in [-0.3, -0.25) is 9.59 Å². The van der Waals surface area contributed by atoms with Crippen molar-refractivity contribution in [1.29, 1.82) is 0 Å². The van der Waals surface area contributed by atoms with Crippen LogP contribution in [-0.2, 0) is 21.9 Å². The topological polar surface area (TPSA) is 109 Å². The quantitative estimate of drug-likeness (QED) is 0.238. The molecule has 0 radical (unpaired) electrons. The zero-order chi connectivity index (χ0) is 40.8. The molecule has 4 heterocycles. The van der Waals surface area contributed by atoms with Crippen LogP contribution in [0.5, 0.6) is 11.8 Å². The van der Waals surface area contributed by atoms with E-state index in [-0.39, 0.29) is 37.1 Å². The highest BCUT2D eigenvalue weighted by molar-refractivity contribution is 5.83. The standard InChI is InChI=1S/2C19H28F3N3O2/c2*1-12(2)13-9-25(5)10-15(13)24-17(26)18(3,4)11-27-16-14(19(20,21)22)7-6-8-23-16/h2*6-8,12-13,15H,9-11H2,1-5H3,(H,24,26)/t2*13-,15+/m10/s1. The van der Waals surface area contributed by atoms with E-state index < -0.39 is 46.1 Å². The summed E-state index contributed by atoms with van der Waals surface area (Å²) in [5.41, 5.74) is -3.89. The summed E-state index contributed by atoms with van der Waals surface area (Å²) in [7, 11) is 4.02. The number of likely N-dealkylation sites (tertiary alicyclic amines) is 2. The third-order valence-corrected chi connectivity index (χ3v) is 9.96. The van der Waals surface area contributed by atoms with E-state index in [4.69, 9.17) is 9.47 Å². The molecule has 2 aromatic rings. The van der Waals surface area contributed by atoms with Crippen molar-refractivity contribution in [3.8, 4) is 11.8 Å². The molecule has 304 valence electrons. The molecule has 2 aromatic heterocycles. The van der Waals surface area contributed by atoms with Gasteiger partial charge in [-0.1, -0.05) is 27.7 Å². The monoisotopic (exact) mass is 774 g/mol. The van der Waals surface area contributed by atoms with Crippen LogP contribution in [0, 0.1) is 34.5 Å². The third-order valence-electron chi connectivity index (χ3n) is 9.96. The first kappa shape index (κ1) is 44.7. The van der Waals surface area contributed by atoms with Crippen molar-refractivity contribution in [3.05, 3.63) is 47.8 Å². The first-order valence-corrected chi connectivity index (χ1v) is 18.1. The molecule has 2 aliphatic heterocycles. The van der Waals surface area contributed by atoms with Gasteiger partial charge in [0.1, 0.15) is 24.3 Å². The number of aromatic nitrogens is 2. The molecule has 2 amide bonds. The predicted octanol–water partition coefficient (Wildman–Crippen LogP) is 6.42. The van der Waals surface area contributed by atoms with Gasteiger partial charge >= 0.3 is 12.4 Å². The minimum absolute atomic E-state index is 0.0161. The Morgan fingerprint density at radius 2 is 1.02 bits per heavy atom. The summed E-state index contributed by atoms with van der Waals surface area (Å²) in [5.74, 6) is 0.0190. The van der Waals surface area contributed by atoms with E-state index in [0.717, 1.165) is 38.3 Å². The molecule has 2 aliphatic rings. The van der Waals surface area contributed by atoms with Crippen LogP contribution in [-0.4, -0.2) is 97.2 Å². The van der Waals surface area contributed by atoms with Gasteiger partial charge in [-0.2, -0.15) is 26.3 Å². The maximum absolute atomic E-state index is 13.0. The van der Waals surface area contributed by atoms with Gasteiger partial charge in [0.15, 0.2) is 0 Å². The Balaban J connectivity index is 0.000000290. The highest BCUT2D eigenvalue weighted by Gasteiger charge is 2.41. The van der Waals surface area contributed by atoms with E-state index >= 15 is 0 Å². The van der Waals surface area contributed by atoms with Crippen molar-refractivity contribution in [2.45, 2.75) is 79.8 Å². The van der Waals surface area contributed by atoms with Crippen LogP contribution < -0.4 is 20.1 Å². The Labute approximate surface area is 314 Å². The number of alkyl halides is 6. The minimum atomic E-state index is -4.56. The molecule has 0 aromatic carbocycles. The molecule has 4 rings (SSSR count). The van der Waals surface area contributed by atoms with Gasteiger partial charge in [0.05, 0.1) is 10.8 Å². The molecule has 0 aliphatic carbocycles. The summed E-state index contributed by atoms with van der Waals surface area (Å²) in [4.78, 5) is 37.2. The summed E-state index contributed by atoms with van der Waals surface area (Å²) in [6.45, 7) is 18.0. The van der Waals surface area contributed by atoms with E-state index in [9.17, 15) is 35.9 Å². The molecule has 0 unspecified atom stereocenters. The fourth-order valence-electron chi connectivity index (χ4n) is 6.52. The van der Waals surface area contributed by atoms with Crippen molar-refractivity contribution >= 4 is 11.8 Å². The first-order chi connectivity index (χ1) is 24.8. The minimum Gasteiger partial charge on any atom is -0.476 e. The molecule has 2 saturated heterocycles. The van der Waals surface area contributed by atoms with Crippen LogP contribution in [0.2, 0.25) is 0 Å². The van der Waals surface area contributed by atoms with Crippen LogP contribution in [0.1, 0.15) is 66.5 Å². The Bertz CT molecular complexity index is 1440. The second-order valence-electron chi connectivity index (χ2n) is 16.5. The van der Waals surface area contributed by atoms with Crippen molar-refractivity contribution in [2.75, 3.05) is 53.5 Å². The zero-order valence-electron chi connectivity index (χ0n) is 32.9. The number of carbonyl (C=O) groups is 2. The van der Waals surface area contributed by atoms with Gasteiger partial charge < -0.3 is 29.9 Å². The lowest BCUT2D eigenvalue weighted by atomic mass is 9.88. The van der Waals surface area contributed by atoms with Gasteiger partial charge in [-0.15, -0.1) is 0 Å². The molecule has 0 saturated carbocycles. The summed E-state index contributed by atoms with van der Waals surface area (Å²) in [6, 6.07) is 4.27. The lowest BCUT2D eigenvalue weighted by Gasteiger charge is -2.29. The molecule has 16 heteroatoms. The SMILES string of the molecule is CC(C)[C@@H]1CN(C)C[C@H]1NC(=O)C(C)(C)COc1ncccc1C(F)(F)F.CC(C)[C@H]1CN(C)C[C@@H]1NC(=O)C(C)(C)COc1ncccc1C(F)(F)F. The molecule has 0 bridgehead atoms. The summed E-state index contributed by atoms with van der Waals surface area (Å²) in [5, 5.41) is 6.12. The second-order valence-corrected chi connectivity index (χ2v) is 16.5. The summed E-state index contributed by atoms with van der Waals surface area (Å²) in [6.07, 6.45) is -6.65. The van der Waals surface area contributed by atoms with Crippen LogP contribution in [0.25, 0.3) is 0 Å². The average Bonchev–Trinajstić information content (AvgIpc) is 3.63. The number of amides is 2. The number of ether oxygens (including phenoxy) is 2. The second kappa shape index (κ2) is 17.9. The maximum atomic E-state index is 13.0. The molecule has 0 spiro atoms. The molecular formula is C38H56F6N6O4. The van der Waals surface area contributed by atoms with Gasteiger partial charge in [-0.05, 0) is 89.7 Å². The molecule has 54 heavy (non-hydrogen) atoms. The van der Waals surface area contributed by atoms with Crippen LogP contribution in [0.15, 0.2) is 36.7 Å². The number of hydrogen-bond acceptors (Lipinski definition) is 8. The van der Waals surface area contributed by atoms with Crippen LogP contribution in [0.3, 0.4) is 0 Å². The van der Waals surface area contributed by atoms with Crippen LogP contribution in [0.4, 0.5) is 26.3 Å². The normalized spacial score (nSPS) is 21.5. The van der Waals surface area contributed by atoms with E-state index in [1.807, 2.05) is 14.1 Å². The highest BCUT2D eigenvalue weighted by Crippen LogP contribution is 2.37. The number of carbonyl (C=O) groups excluding carboxylic acids is 2. The van der Waals surface area contributed by atoms with Crippen LogP contribution >= 0.6 is 0 Å². The largest absolute Gasteiger partial charge is 0.476 e. The molecule has 10 nitrogen and oxygen atoms in total. The number of rotatable bonds is 12. The molecular weight excluding hydrogens is 718 g/mol. The smallest absolute Gasteiger partial charge is 0.421 e. The number of hydrogen-bond donors (Lipinski definition) is 2.